The summed E-state index contributed by atoms with van der Waals surface area (Å²) in [6.45, 7) is 6.53. The fraction of sp³-hybridized carbons (Fsp3) is 0.909. The molecule has 3 atom stereocenters. The average Bonchev–Trinajstić information content (AvgIpc) is 2.05. The van der Waals surface area contributed by atoms with E-state index in [9.17, 15) is 9.90 Å². The first-order valence-electron chi connectivity index (χ1n) is 5.23. The molecule has 0 saturated carbocycles. The monoisotopic (exact) mass is 186 g/mol. The third kappa shape index (κ3) is 5.81. The number of hydrogen-bond acceptors (Lipinski definition) is 2. The lowest BCUT2D eigenvalue weighted by Gasteiger charge is -2.21. The van der Waals surface area contributed by atoms with Gasteiger partial charge in [-0.3, -0.25) is 0 Å². The molecule has 0 saturated heterocycles. The van der Waals surface area contributed by atoms with E-state index in [1.807, 2.05) is 0 Å². The van der Waals surface area contributed by atoms with Gasteiger partial charge in [-0.25, -0.2) is 0 Å². The van der Waals surface area contributed by atoms with Crippen molar-refractivity contribution >= 4 is 6.29 Å². The quantitative estimate of drug-likeness (QED) is 0.620. The Kier molecular flexibility index (Phi) is 6.87. The standard InChI is InChI=1S/C11H22O2/c1-4-5-9(2)10(3)8-11(13)6-7-12/h7,9-11,13H,4-6,8H2,1-3H3. The lowest BCUT2D eigenvalue weighted by Crippen LogP contribution is -2.17. The number of hydrogen-bond donors (Lipinski definition) is 1. The summed E-state index contributed by atoms with van der Waals surface area (Å²) >= 11 is 0. The van der Waals surface area contributed by atoms with Crippen LogP contribution in [-0.2, 0) is 4.79 Å². The summed E-state index contributed by atoms with van der Waals surface area (Å²) in [6, 6.07) is 0. The number of aldehydes is 1. The van der Waals surface area contributed by atoms with Gasteiger partial charge in [0.2, 0.25) is 0 Å². The molecule has 0 aromatic carbocycles. The largest absolute Gasteiger partial charge is 0.393 e. The van der Waals surface area contributed by atoms with Crippen LogP contribution in [0.3, 0.4) is 0 Å². The van der Waals surface area contributed by atoms with Crippen LogP contribution in [0.4, 0.5) is 0 Å². The summed E-state index contributed by atoms with van der Waals surface area (Å²) < 4.78 is 0. The summed E-state index contributed by atoms with van der Waals surface area (Å²) in [5.74, 6) is 1.15. The first-order valence-corrected chi connectivity index (χ1v) is 5.23. The molecular weight excluding hydrogens is 164 g/mol. The van der Waals surface area contributed by atoms with E-state index in [0.29, 0.717) is 11.8 Å². The van der Waals surface area contributed by atoms with Gasteiger partial charge in [0, 0.05) is 6.42 Å². The molecule has 13 heavy (non-hydrogen) atoms. The van der Waals surface area contributed by atoms with Gasteiger partial charge in [-0.05, 0) is 18.3 Å². The van der Waals surface area contributed by atoms with E-state index in [1.54, 1.807) is 0 Å². The number of rotatable bonds is 7. The number of carbonyl (C=O) groups is 1. The maximum atomic E-state index is 10.1. The smallest absolute Gasteiger partial charge is 0.122 e. The van der Waals surface area contributed by atoms with E-state index in [2.05, 4.69) is 20.8 Å². The van der Waals surface area contributed by atoms with Crippen LogP contribution in [0.2, 0.25) is 0 Å². The lowest BCUT2D eigenvalue weighted by atomic mass is 9.87. The molecule has 0 aromatic rings. The zero-order valence-electron chi connectivity index (χ0n) is 8.99. The molecule has 0 aliphatic rings. The van der Waals surface area contributed by atoms with Crippen molar-refractivity contribution in [3.8, 4) is 0 Å². The molecule has 2 nitrogen and oxygen atoms in total. The Morgan fingerprint density at radius 2 is 1.92 bits per heavy atom. The Balaban J connectivity index is 3.70. The molecule has 0 rings (SSSR count). The molecule has 1 N–H and O–H groups in total. The summed E-state index contributed by atoms with van der Waals surface area (Å²) in [4.78, 5) is 10.1. The van der Waals surface area contributed by atoms with Crippen molar-refractivity contribution in [1.29, 1.82) is 0 Å². The predicted molar refractivity (Wildman–Crippen MR) is 54.5 cm³/mol. The minimum Gasteiger partial charge on any atom is -0.393 e. The molecule has 0 heterocycles. The highest BCUT2D eigenvalue weighted by Gasteiger charge is 2.15. The second-order valence-electron chi connectivity index (χ2n) is 4.04. The molecule has 0 bridgehead atoms. The Bertz CT molecular complexity index is 134. The van der Waals surface area contributed by atoms with Gasteiger partial charge in [-0.15, -0.1) is 0 Å². The van der Waals surface area contributed by atoms with E-state index in [-0.39, 0.29) is 6.42 Å². The Morgan fingerprint density at radius 3 is 2.38 bits per heavy atom. The molecule has 3 unspecified atom stereocenters. The molecule has 0 radical (unpaired) electrons. The van der Waals surface area contributed by atoms with Crippen LogP contribution in [0, 0.1) is 11.8 Å². The molecule has 0 aromatic heterocycles. The summed E-state index contributed by atoms with van der Waals surface area (Å²) in [7, 11) is 0. The maximum Gasteiger partial charge on any atom is 0.122 e. The zero-order chi connectivity index (χ0) is 10.3. The molecular formula is C11H22O2. The molecule has 0 amide bonds. The third-order valence-electron chi connectivity index (χ3n) is 2.73. The highest BCUT2D eigenvalue weighted by Crippen LogP contribution is 2.21. The normalized spacial score (nSPS) is 17.8. The van der Waals surface area contributed by atoms with Crippen LogP contribution in [-0.4, -0.2) is 17.5 Å². The Labute approximate surface area is 81.3 Å². The predicted octanol–water partition coefficient (Wildman–Crippen LogP) is 2.40. The molecule has 0 aliphatic heterocycles. The summed E-state index contributed by atoms with van der Waals surface area (Å²) in [6.07, 6.45) is 3.78. The van der Waals surface area contributed by atoms with Crippen LogP contribution in [0.25, 0.3) is 0 Å². The summed E-state index contributed by atoms with van der Waals surface area (Å²) in [5, 5.41) is 9.41. The second kappa shape index (κ2) is 7.07. The van der Waals surface area contributed by atoms with Gasteiger partial charge < -0.3 is 9.90 Å². The van der Waals surface area contributed by atoms with E-state index in [4.69, 9.17) is 0 Å². The second-order valence-corrected chi connectivity index (χ2v) is 4.04. The maximum absolute atomic E-state index is 10.1. The van der Waals surface area contributed by atoms with Crippen molar-refractivity contribution in [2.24, 2.45) is 11.8 Å². The number of aliphatic hydroxyl groups excluding tert-OH is 1. The van der Waals surface area contributed by atoms with Gasteiger partial charge in [0.1, 0.15) is 6.29 Å². The van der Waals surface area contributed by atoms with Crippen molar-refractivity contribution in [3.63, 3.8) is 0 Å². The van der Waals surface area contributed by atoms with Crippen molar-refractivity contribution < 1.29 is 9.90 Å². The van der Waals surface area contributed by atoms with Crippen LogP contribution >= 0.6 is 0 Å². The molecule has 78 valence electrons. The number of aliphatic hydroxyl groups is 1. The molecule has 0 spiro atoms. The van der Waals surface area contributed by atoms with Crippen LogP contribution < -0.4 is 0 Å². The highest BCUT2D eigenvalue weighted by molar-refractivity contribution is 5.49. The first-order chi connectivity index (χ1) is 6.11. The average molecular weight is 186 g/mol. The van der Waals surface area contributed by atoms with E-state index in [1.165, 1.54) is 12.8 Å². The van der Waals surface area contributed by atoms with E-state index >= 15 is 0 Å². The molecule has 2 heteroatoms. The third-order valence-corrected chi connectivity index (χ3v) is 2.73. The number of carbonyl (C=O) groups excluding carboxylic acids is 1. The van der Waals surface area contributed by atoms with Gasteiger partial charge in [-0.2, -0.15) is 0 Å². The lowest BCUT2D eigenvalue weighted by molar-refractivity contribution is -0.109. The van der Waals surface area contributed by atoms with Crippen molar-refractivity contribution in [3.05, 3.63) is 0 Å². The zero-order valence-corrected chi connectivity index (χ0v) is 8.99. The van der Waals surface area contributed by atoms with Crippen LogP contribution in [0.5, 0.6) is 0 Å². The van der Waals surface area contributed by atoms with E-state index < -0.39 is 6.10 Å². The van der Waals surface area contributed by atoms with Crippen molar-refractivity contribution in [1.82, 2.24) is 0 Å². The van der Waals surface area contributed by atoms with Crippen LogP contribution in [0.15, 0.2) is 0 Å². The Morgan fingerprint density at radius 1 is 1.31 bits per heavy atom. The van der Waals surface area contributed by atoms with Crippen molar-refractivity contribution in [2.45, 2.75) is 52.6 Å². The molecule has 0 fully saturated rings. The van der Waals surface area contributed by atoms with Gasteiger partial charge in [0.05, 0.1) is 6.10 Å². The minimum absolute atomic E-state index is 0.281. The minimum atomic E-state index is -0.438. The SMILES string of the molecule is CCCC(C)C(C)CC(O)CC=O. The fourth-order valence-electron chi connectivity index (χ4n) is 1.61. The highest BCUT2D eigenvalue weighted by atomic mass is 16.3. The molecule has 0 aliphatic carbocycles. The fourth-order valence-corrected chi connectivity index (χ4v) is 1.61. The Hall–Kier alpha value is -0.370. The van der Waals surface area contributed by atoms with Gasteiger partial charge in [0.25, 0.3) is 0 Å². The van der Waals surface area contributed by atoms with Crippen molar-refractivity contribution in [2.75, 3.05) is 0 Å². The topological polar surface area (TPSA) is 37.3 Å². The van der Waals surface area contributed by atoms with Crippen LogP contribution in [0.1, 0.15) is 46.5 Å². The first kappa shape index (κ1) is 12.6. The van der Waals surface area contributed by atoms with Gasteiger partial charge in [0.15, 0.2) is 0 Å². The van der Waals surface area contributed by atoms with E-state index in [0.717, 1.165) is 12.7 Å². The summed E-state index contributed by atoms with van der Waals surface area (Å²) in [5.41, 5.74) is 0. The van der Waals surface area contributed by atoms with Gasteiger partial charge >= 0.3 is 0 Å². The van der Waals surface area contributed by atoms with Gasteiger partial charge in [-0.1, -0.05) is 33.6 Å².